The van der Waals surface area contributed by atoms with Crippen molar-refractivity contribution in [1.29, 1.82) is 0 Å². The lowest BCUT2D eigenvalue weighted by Crippen LogP contribution is -2.22. The number of rotatable bonds is 5. The van der Waals surface area contributed by atoms with Crippen LogP contribution in [0.5, 0.6) is 0 Å². The van der Waals surface area contributed by atoms with Gasteiger partial charge in [0.15, 0.2) is 0 Å². The first-order valence-electron chi connectivity index (χ1n) is 6.69. The molecule has 0 aliphatic heterocycles. The van der Waals surface area contributed by atoms with Crippen LogP contribution in [0, 0.1) is 5.82 Å². The number of nitrogens with zero attached hydrogens (tertiary/aromatic N) is 2. The minimum Gasteiger partial charge on any atom is -0.467 e. The van der Waals surface area contributed by atoms with Gasteiger partial charge in [0.05, 0.1) is 19.2 Å². The van der Waals surface area contributed by atoms with Crippen molar-refractivity contribution in [2.75, 3.05) is 0 Å². The van der Waals surface area contributed by atoms with Crippen molar-refractivity contribution in [3.63, 3.8) is 0 Å². The molecule has 0 saturated heterocycles. The topological polar surface area (TPSA) is 81.2 Å². The van der Waals surface area contributed by atoms with Crippen molar-refractivity contribution in [2.24, 2.45) is 0 Å². The zero-order valence-electron chi connectivity index (χ0n) is 11.8. The van der Waals surface area contributed by atoms with E-state index in [9.17, 15) is 9.18 Å². The van der Waals surface area contributed by atoms with Gasteiger partial charge in [-0.1, -0.05) is 17.7 Å². The van der Waals surface area contributed by atoms with E-state index in [1.807, 2.05) is 0 Å². The highest BCUT2D eigenvalue weighted by Crippen LogP contribution is 2.21. The van der Waals surface area contributed by atoms with E-state index < -0.39 is 11.7 Å². The van der Waals surface area contributed by atoms with Gasteiger partial charge in [0, 0.05) is 10.6 Å². The second-order valence-corrected chi connectivity index (χ2v) is 5.05. The van der Waals surface area contributed by atoms with Crippen LogP contribution in [0.1, 0.15) is 27.9 Å². The number of nitrogens with one attached hydrogen (secondary N) is 1. The van der Waals surface area contributed by atoms with Crippen LogP contribution < -0.4 is 5.32 Å². The summed E-state index contributed by atoms with van der Waals surface area (Å²) < 4.78 is 24.0. The molecule has 0 bridgehead atoms. The quantitative estimate of drug-likeness (QED) is 0.775. The molecule has 23 heavy (non-hydrogen) atoms. The van der Waals surface area contributed by atoms with Gasteiger partial charge in [0.25, 0.3) is 0 Å². The Labute approximate surface area is 135 Å². The van der Waals surface area contributed by atoms with E-state index in [1.165, 1.54) is 18.4 Å². The van der Waals surface area contributed by atoms with Gasteiger partial charge in [-0.3, -0.25) is 4.79 Å². The largest absolute Gasteiger partial charge is 0.467 e. The molecule has 6 nitrogen and oxygen atoms in total. The second-order valence-electron chi connectivity index (χ2n) is 4.64. The molecule has 2 heterocycles. The molecule has 0 aliphatic carbocycles. The maximum atomic E-state index is 13.7. The summed E-state index contributed by atoms with van der Waals surface area (Å²) >= 11 is 5.94. The van der Waals surface area contributed by atoms with Crippen LogP contribution in [0.25, 0.3) is 0 Å². The van der Waals surface area contributed by atoms with Crippen LogP contribution in [0.2, 0.25) is 5.02 Å². The van der Waals surface area contributed by atoms with Gasteiger partial charge in [-0.05, 0) is 24.3 Å². The Hall–Kier alpha value is -2.67. The predicted molar refractivity (Wildman–Crippen MR) is 78.4 cm³/mol. The Balaban J connectivity index is 1.67. The number of benzene rings is 1. The lowest BCUT2D eigenvalue weighted by Gasteiger charge is -2.02. The maximum Gasteiger partial charge on any atom is 0.309 e. The fourth-order valence-corrected chi connectivity index (χ4v) is 2.16. The van der Waals surface area contributed by atoms with Gasteiger partial charge < -0.3 is 14.2 Å². The highest BCUT2D eigenvalue weighted by atomic mass is 35.5. The molecule has 0 saturated carbocycles. The fourth-order valence-electron chi connectivity index (χ4n) is 1.93. The number of furan rings is 1. The first kappa shape index (κ1) is 15.2. The lowest BCUT2D eigenvalue weighted by atomic mass is 10.1. The average molecular weight is 336 g/mol. The highest BCUT2D eigenvalue weighted by Gasteiger charge is 2.17. The normalized spacial score (nSPS) is 10.7. The van der Waals surface area contributed by atoms with E-state index >= 15 is 0 Å². The van der Waals surface area contributed by atoms with Crippen LogP contribution in [-0.4, -0.2) is 16.1 Å². The Bertz CT molecular complexity index is 797. The molecule has 1 amide bonds. The molecular formula is C15H11ClFN3O3. The zero-order chi connectivity index (χ0) is 16.2. The Morgan fingerprint density at radius 3 is 2.87 bits per heavy atom. The molecule has 1 aromatic carbocycles. The third-order valence-electron chi connectivity index (χ3n) is 3.05. The standard InChI is InChI=1S/C15H11ClFN3O3/c16-11-4-1-5-12(17)10(11)7-13-19-20-15(23-13)14(21)18-8-9-3-2-6-22-9/h1-6H,7-8H2,(H,18,21). The van der Waals surface area contributed by atoms with E-state index in [4.69, 9.17) is 20.4 Å². The van der Waals surface area contributed by atoms with Crippen molar-refractivity contribution in [1.82, 2.24) is 15.5 Å². The number of aromatic nitrogens is 2. The fraction of sp³-hybridized carbons (Fsp3) is 0.133. The van der Waals surface area contributed by atoms with Crippen LogP contribution in [-0.2, 0) is 13.0 Å². The molecule has 1 N–H and O–H groups in total. The van der Waals surface area contributed by atoms with E-state index in [-0.39, 0.29) is 35.3 Å². The number of hydrogen-bond donors (Lipinski definition) is 1. The Morgan fingerprint density at radius 1 is 1.26 bits per heavy atom. The number of carbonyl (C=O) groups is 1. The third kappa shape index (κ3) is 3.57. The van der Waals surface area contributed by atoms with E-state index in [0.29, 0.717) is 5.76 Å². The van der Waals surface area contributed by atoms with Crippen LogP contribution in [0.15, 0.2) is 45.4 Å². The van der Waals surface area contributed by atoms with Crippen molar-refractivity contribution in [3.05, 3.63) is 70.5 Å². The molecule has 0 aliphatic rings. The molecule has 0 atom stereocenters. The summed E-state index contributed by atoms with van der Waals surface area (Å²) in [5, 5.41) is 10.2. The Kier molecular flexibility index (Phi) is 4.38. The minimum absolute atomic E-state index is 0.00394. The zero-order valence-corrected chi connectivity index (χ0v) is 12.5. The summed E-state index contributed by atoms with van der Waals surface area (Å²) in [7, 11) is 0. The minimum atomic E-state index is -0.542. The summed E-state index contributed by atoms with van der Waals surface area (Å²) in [5.41, 5.74) is 0.236. The third-order valence-corrected chi connectivity index (χ3v) is 3.41. The number of hydrogen-bond acceptors (Lipinski definition) is 5. The molecule has 0 spiro atoms. The summed E-state index contributed by atoms with van der Waals surface area (Å²) in [6.45, 7) is 0.197. The molecule has 0 radical (unpaired) electrons. The first-order chi connectivity index (χ1) is 11.1. The van der Waals surface area contributed by atoms with Crippen molar-refractivity contribution in [2.45, 2.75) is 13.0 Å². The molecule has 3 aromatic rings. The molecule has 118 valence electrons. The van der Waals surface area contributed by atoms with Gasteiger partial charge in [-0.15, -0.1) is 10.2 Å². The maximum absolute atomic E-state index is 13.7. The highest BCUT2D eigenvalue weighted by molar-refractivity contribution is 6.31. The van der Waals surface area contributed by atoms with Crippen molar-refractivity contribution < 1.29 is 18.0 Å². The van der Waals surface area contributed by atoms with Crippen LogP contribution in [0.4, 0.5) is 4.39 Å². The van der Waals surface area contributed by atoms with Crippen LogP contribution >= 0.6 is 11.6 Å². The van der Waals surface area contributed by atoms with Gasteiger partial charge in [-0.2, -0.15) is 0 Å². The molecule has 2 aromatic heterocycles. The molecular weight excluding hydrogens is 325 g/mol. The average Bonchev–Trinajstić information content (AvgIpc) is 3.20. The molecule has 0 fully saturated rings. The van der Waals surface area contributed by atoms with E-state index in [0.717, 1.165) is 0 Å². The van der Waals surface area contributed by atoms with E-state index in [1.54, 1.807) is 18.2 Å². The first-order valence-corrected chi connectivity index (χ1v) is 7.07. The number of carbonyl (C=O) groups excluding carboxylic acids is 1. The Morgan fingerprint density at radius 2 is 2.13 bits per heavy atom. The van der Waals surface area contributed by atoms with Crippen molar-refractivity contribution >= 4 is 17.5 Å². The summed E-state index contributed by atoms with van der Waals surface area (Å²) in [6, 6.07) is 7.79. The number of halogens is 2. The van der Waals surface area contributed by atoms with Crippen LogP contribution in [0.3, 0.4) is 0 Å². The van der Waals surface area contributed by atoms with Gasteiger partial charge >= 0.3 is 11.8 Å². The van der Waals surface area contributed by atoms with Gasteiger partial charge in [-0.25, -0.2) is 4.39 Å². The molecule has 8 heteroatoms. The SMILES string of the molecule is O=C(NCc1ccco1)c1nnc(Cc2c(F)cccc2Cl)o1. The van der Waals surface area contributed by atoms with Gasteiger partial charge in [0.1, 0.15) is 11.6 Å². The molecule has 0 unspecified atom stereocenters. The van der Waals surface area contributed by atoms with Gasteiger partial charge in [0.2, 0.25) is 5.89 Å². The second kappa shape index (κ2) is 6.62. The molecule has 3 rings (SSSR count). The summed E-state index contributed by atoms with van der Waals surface area (Å²) in [4.78, 5) is 11.9. The smallest absolute Gasteiger partial charge is 0.309 e. The van der Waals surface area contributed by atoms with E-state index in [2.05, 4.69) is 15.5 Å². The number of amides is 1. The monoisotopic (exact) mass is 335 g/mol. The predicted octanol–water partition coefficient (Wildman–Crippen LogP) is 2.98. The van der Waals surface area contributed by atoms with Crippen molar-refractivity contribution in [3.8, 4) is 0 Å². The lowest BCUT2D eigenvalue weighted by molar-refractivity contribution is 0.0911. The summed E-state index contributed by atoms with van der Waals surface area (Å²) in [5.74, 6) is -0.533. The summed E-state index contributed by atoms with van der Waals surface area (Å²) in [6.07, 6.45) is 1.51.